The molecule has 6 aromatic carbocycles. The topological polar surface area (TPSA) is 77.8 Å². The predicted octanol–water partition coefficient (Wildman–Crippen LogP) is 11.4. The Bertz CT molecular complexity index is 2880. The van der Waals surface area contributed by atoms with Crippen LogP contribution in [-0.4, -0.2) is 19.9 Å². The van der Waals surface area contributed by atoms with E-state index in [0.29, 0.717) is 23.1 Å². The Labute approximate surface area is 286 Å². The van der Waals surface area contributed by atoms with Gasteiger partial charge in [-0.15, -0.1) is 0 Å². The van der Waals surface area contributed by atoms with Crippen molar-refractivity contribution >= 4 is 43.9 Å². The minimum absolute atomic E-state index is 0.521. The highest BCUT2D eigenvalue weighted by molar-refractivity contribution is 6.19. The highest BCUT2D eigenvalue weighted by atomic mass is 16.3. The molecule has 0 aliphatic heterocycles. The van der Waals surface area contributed by atoms with Gasteiger partial charge in [0, 0.05) is 56.2 Å². The molecule has 0 saturated heterocycles. The van der Waals surface area contributed by atoms with E-state index in [2.05, 4.69) is 53.5 Å². The lowest BCUT2D eigenvalue weighted by Gasteiger charge is -2.13. The van der Waals surface area contributed by atoms with Crippen molar-refractivity contribution in [1.29, 1.82) is 0 Å². The van der Waals surface area contributed by atoms with Gasteiger partial charge in [0.15, 0.2) is 17.5 Å². The minimum atomic E-state index is 0.521. The molecule has 6 heteroatoms. The van der Waals surface area contributed by atoms with Crippen molar-refractivity contribution in [2.45, 2.75) is 0 Å². The number of benzene rings is 6. The molecule has 4 aromatic heterocycles. The Morgan fingerprint density at radius 1 is 0.360 bits per heavy atom. The highest BCUT2D eigenvalue weighted by Crippen LogP contribution is 2.44. The Morgan fingerprint density at radius 2 is 0.960 bits per heavy atom. The van der Waals surface area contributed by atoms with Crippen molar-refractivity contribution in [3.8, 4) is 56.4 Å². The lowest BCUT2D eigenvalue weighted by atomic mass is 9.95. The number of para-hydroxylation sites is 3. The second-order valence-corrected chi connectivity index (χ2v) is 12.2. The average molecular weight is 643 g/mol. The number of rotatable bonds is 5. The van der Waals surface area contributed by atoms with E-state index in [0.717, 1.165) is 77.2 Å². The standard InChI is InChI=1S/C44H26N4O2/c1-2-12-27(13-3-1)42-46-43(34-17-5-4-15-29(34)28-14-11-25-45-26-28)48-44(47-42)36-24-23-31(39-35-18-7-9-22-38(35)50-41(36)39)33-20-10-19-32-30-16-6-8-21-37(30)49-40(32)33/h1-26H. The normalized spacial score (nSPS) is 11.6. The fourth-order valence-corrected chi connectivity index (χ4v) is 6.97. The molecule has 0 atom stereocenters. The van der Waals surface area contributed by atoms with E-state index in [9.17, 15) is 0 Å². The van der Waals surface area contributed by atoms with Crippen LogP contribution < -0.4 is 0 Å². The van der Waals surface area contributed by atoms with Gasteiger partial charge >= 0.3 is 0 Å². The van der Waals surface area contributed by atoms with Gasteiger partial charge in [0.1, 0.15) is 22.3 Å². The summed E-state index contributed by atoms with van der Waals surface area (Å²) in [5.74, 6) is 1.66. The van der Waals surface area contributed by atoms with Gasteiger partial charge in [0.25, 0.3) is 0 Å². The molecule has 0 bridgehead atoms. The van der Waals surface area contributed by atoms with Crippen LogP contribution in [0.25, 0.3) is 100 Å². The van der Waals surface area contributed by atoms with Crippen molar-refractivity contribution in [2.75, 3.05) is 0 Å². The second kappa shape index (κ2) is 11.4. The van der Waals surface area contributed by atoms with Crippen molar-refractivity contribution in [2.24, 2.45) is 0 Å². The maximum atomic E-state index is 6.72. The van der Waals surface area contributed by atoms with Crippen molar-refractivity contribution in [3.63, 3.8) is 0 Å². The highest BCUT2D eigenvalue weighted by Gasteiger charge is 2.23. The largest absolute Gasteiger partial charge is 0.455 e. The fraction of sp³-hybridized carbons (Fsp3) is 0. The number of pyridine rings is 1. The van der Waals surface area contributed by atoms with E-state index in [1.807, 2.05) is 103 Å². The summed E-state index contributed by atoms with van der Waals surface area (Å²) in [7, 11) is 0. The first-order valence-corrected chi connectivity index (χ1v) is 16.5. The summed E-state index contributed by atoms with van der Waals surface area (Å²) in [4.78, 5) is 19.7. The third-order valence-corrected chi connectivity index (χ3v) is 9.27. The van der Waals surface area contributed by atoms with E-state index < -0.39 is 0 Å². The zero-order valence-corrected chi connectivity index (χ0v) is 26.6. The molecule has 0 saturated carbocycles. The molecule has 50 heavy (non-hydrogen) atoms. The summed E-state index contributed by atoms with van der Waals surface area (Å²) in [6.07, 6.45) is 3.63. The van der Waals surface area contributed by atoms with E-state index in [1.165, 1.54) is 0 Å². The number of fused-ring (bicyclic) bond motifs is 6. The summed E-state index contributed by atoms with van der Waals surface area (Å²) in [5, 5.41) is 4.15. The van der Waals surface area contributed by atoms with Crippen LogP contribution in [0, 0.1) is 0 Å². The quantitative estimate of drug-likeness (QED) is 0.186. The molecule has 6 nitrogen and oxygen atoms in total. The number of aromatic nitrogens is 4. The van der Waals surface area contributed by atoms with Gasteiger partial charge in [0.05, 0.1) is 5.56 Å². The lowest BCUT2D eigenvalue weighted by Crippen LogP contribution is -2.01. The summed E-state index contributed by atoms with van der Waals surface area (Å²) in [5.41, 5.74) is 9.71. The number of hydrogen-bond acceptors (Lipinski definition) is 6. The van der Waals surface area contributed by atoms with Crippen LogP contribution in [0.2, 0.25) is 0 Å². The molecule has 0 aliphatic carbocycles. The summed E-state index contributed by atoms with van der Waals surface area (Å²) in [6.45, 7) is 0. The van der Waals surface area contributed by atoms with Crippen molar-refractivity contribution in [1.82, 2.24) is 19.9 Å². The number of nitrogens with zero attached hydrogens (tertiary/aromatic N) is 4. The molecule has 0 amide bonds. The van der Waals surface area contributed by atoms with Gasteiger partial charge in [0.2, 0.25) is 0 Å². The van der Waals surface area contributed by atoms with Crippen molar-refractivity contribution < 1.29 is 8.83 Å². The molecular weight excluding hydrogens is 617 g/mol. The molecule has 0 N–H and O–H groups in total. The van der Waals surface area contributed by atoms with E-state index in [4.69, 9.17) is 23.8 Å². The summed E-state index contributed by atoms with van der Waals surface area (Å²) >= 11 is 0. The number of hydrogen-bond donors (Lipinski definition) is 0. The molecular formula is C44H26N4O2. The molecule has 234 valence electrons. The number of furan rings is 2. The molecule has 0 aliphatic rings. The van der Waals surface area contributed by atoms with Crippen LogP contribution in [0.4, 0.5) is 0 Å². The zero-order chi connectivity index (χ0) is 33.0. The first kappa shape index (κ1) is 28.1. The van der Waals surface area contributed by atoms with Crippen molar-refractivity contribution in [3.05, 3.63) is 158 Å². The van der Waals surface area contributed by atoms with Gasteiger partial charge < -0.3 is 8.83 Å². The van der Waals surface area contributed by atoms with Crippen LogP contribution in [0.1, 0.15) is 0 Å². The van der Waals surface area contributed by atoms with Crippen LogP contribution in [0.3, 0.4) is 0 Å². The van der Waals surface area contributed by atoms with Crippen LogP contribution >= 0.6 is 0 Å². The SMILES string of the molecule is c1ccc(-c2nc(-c3ccccc3-c3cccnc3)nc(-c3ccc(-c4cccc5c4oc4ccccc45)c4c3oc3ccccc34)n2)cc1. The smallest absolute Gasteiger partial charge is 0.167 e. The Balaban J connectivity index is 1.25. The van der Waals surface area contributed by atoms with E-state index in [1.54, 1.807) is 6.20 Å². The summed E-state index contributed by atoms with van der Waals surface area (Å²) in [6, 6.07) is 49.0. The zero-order valence-electron chi connectivity index (χ0n) is 26.6. The third-order valence-electron chi connectivity index (χ3n) is 9.27. The molecule has 10 rings (SSSR count). The Morgan fingerprint density at radius 3 is 1.78 bits per heavy atom. The maximum absolute atomic E-state index is 6.72. The van der Waals surface area contributed by atoms with Crippen LogP contribution in [0.15, 0.2) is 167 Å². The second-order valence-electron chi connectivity index (χ2n) is 12.2. The maximum Gasteiger partial charge on any atom is 0.167 e. The summed E-state index contributed by atoms with van der Waals surface area (Å²) < 4.78 is 13.2. The van der Waals surface area contributed by atoms with Gasteiger partial charge in [-0.2, -0.15) is 0 Å². The molecule has 4 heterocycles. The van der Waals surface area contributed by atoms with Crippen LogP contribution in [-0.2, 0) is 0 Å². The van der Waals surface area contributed by atoms with Gasteiger partial charge in [-0.25, -0.2) is 15.0 Å². The average Bonchev–Trinajstić information content (AvgIpc) is 3.77. The molecule has 0 fully saturated rings. The monoisotopic (exact) mass is 642 g/mol. The third kappa shape index (κ3) is 4.50. The molecule has 0 spiro atoms. The van der Waals surface area contributed by atoms with Crippen LogP contribution in [0.5, 0.6) is 0 Å². The predicted molar refractivity (Wildman–Crippen MR) is 199 cm³/mol. The first-order chi connectivity index (χ1) is 24.8. The molecule has 10 aromatic rings. The van der Waals surface area contributed by atoms with Gasteiger partial charge in [-0.1, -0.05) is 121 Å². The van der Waals surface area contributed by atoms with Gasteiger partial charge in [-0.3, -0.25) is 4.98 Å². The molecule has 0 radical (unpaired) electrons. The lowest BCUT2D eigenvalue weighted by molar-refractivity contribution is 0.669. The minimum Gasteiger partial charge on any atom is -0.455 e. The van der Waals surface area contributed by atoms with E-state index in [-0.39, 0.29) is 0 Å². The Kier molecular flexibility index (Phi) is 6.39. The van der Waals surface area contributed by atoms with E-state index >= 15 is 0 Å². The first-order valence-electron chi connectivity index (χ1n) is 16.5. The fourth-order valence-electron chi connectivity index (χ4n) is 6.97. The van der Waals surface area contributed by atoms with Gasteiger partial charge in [-0.05, 0) is 35.4 Å². The Hall–Kier alpha value is -6.92. The molecule has 0 unspecified atom stereocenters.